The van der Waals surface area contributed by atoms with Crippen LogP contribution in [0.3, 0.4) is 0 Å². The van der Waals surface area contributed by atoms with Crippen LogP contribution in [0.4, 0.5) is 0 Å². The average Bonchev–Trinajstić information content (AvgIpc) is 3.02. The lowest BCUT2D eigenvalue weighted by Crippen LogP contribution is -2.13. The molecule has 2 heterocycles. The molecule has 0 aliphatic heterocycles. The molecule has 1 unspecified atom stereocenters. The first kappa shape index (κ1) is 10.2. The molecule has 84 valence electrons. The van der Waals surface area contributed by atoms with Crippen LogP contribution < -0.4 is 0 Å². The van der Waals surface area contributed by atoms with Gasteiger partial charge in [0.05, 0.1) is 12.1 Å². The normalized spacial score (nSPS) is 19.4. The Morgan fingerprint density at radius 1 is 1.35 bits per heavy atom. The van der Waals surface area contributed by atoms with Crippen LogP contribution in [-0.4, -0.2) is 20.0 Å². The van der Waals surface area contributed by atoms with E-state index in [1.165, 1.54) is 0 Å². The average molecular weight is 243 g/mol. The second kappa shape index (κ2) is 4.10. The third kappa shape index (κ3) is 1.74. The molecule has 0 saturated carbocycles. The number of hydrogen-bond donors (Lipinski definition) is 1. The number of nitrogens with one attached hydrogen (secondary N) is 1. The summed E-state index contributed by atoms with van der Waals surface area (Å²) in [7, 11) is 0. The summed E-state index contributed by atoms with van der Waals surface area (Å²) in [5, 5.41) is 6.91. The maximum atomic E-state index is 5.38. The van der Waals surface area contributed by atoms with Gasteiger partial charge in [0.1, 0.15) is 6.26 Å². The Kier molecular flexibility index (Phi) is 2.45. The zero-order valence-corrected chi connectivity index (χ0v) is 9.65. The van der Waals surface area contributed by atoms with Gasteiger partial charge in [-0.1, -0.05) is 24.4 Å². The highest BCUT2D eigenvalue weighted by molar-refractivity contribution is 7.80. The predicted molar refractivity (Wildman–Crippen MR) is 67.5 cm³/mol. The molecule has 0 aromatic carbocycles. The van der Waals surface area contributed by atoms with Gasteiger partial charge in [0, 0.05) is 22.3 Å². The van der Waals surface area contributed by atoms with Gasteiger partial charge >= 0.3 is 0 Å². The lowest BCUT2D eigenvalue weighted by atomic mass is 9.88. The van der Waals surface area contributed by atoms with E-state index < -0.39 is 0 Å². The van der Waals surface area contributed by atoms with Crippen LogP contribution in [0.15, 0.2) is 47.4 Å². The van der Waals surface area contributed by atoms with Gasteiger partial charge < -0.3 is 4.42 Å². The molecule has 5 heteroatoms. The molecule has 0 saturated heterocycles. The van der Waals surface area contributed by atoms with E-state index >= 15 is 0 Å². The van der Waals surface area contributed by atoms with Crippen LogP contribution in [0, 0.1) is 0 Å². The maximum absolute atomic E-state index is 5.38. The zero-order valence-electron chi connectivity index (χ0n) is 8.83. The molecule has 1 N–H and O–H groups in total. The standard InChI is InChI=1S/C12H9N3OS/c17-10-3-1-2-8(12-13-6-7-16-12)11(10)9-4-5-14-15-9/h1-7,11H,(H,14,15). The zero-order chi connectivity index (χ0) is 11.7. The van der Waals surface area contributed by atoms with Crippen molar-refractivity contribution in [1.82, 2.24) is 15.2 Å². The molecule has 2 aromatic rings. The Labute approximate surface area is 103 Å². The highest BCUT2D eigenvalue weighted by atomic mass is 32.1. The number of allylic oxidation sites excluding steroid dienone is 4. The van der Waals surface area contributed by atoms with E-state index in [1.807, 2.05) is 24.3 Å². The summed E-state index contributed by atoms with van der Waals surface area (Å²) in [5.74, 6) is 0.549. The van der Waals surface area contributed by atoms with Gasteiger partial charge in [0.25, 0.3) is 0 Å². The molecule has 4 nitrogen and oxygen atoms in total. The van der Waals surface area contributed by atoms with Gasteiger partial charge in [-0.05, 0) is 12.1 Å². The summed E-state index contributed by atoms with van der Waals surface area (Å²) < 4.78 is 5.34. The Morgan fingerprint density at radius 3 is 3.00 bits per heavy atom. The molecule has 0 bridgehead atoms. The molecule has 1 aliphatic carbocycles. The van der Waals surface area contributed by atoms with E-state index in [0.717, 1.165) is 16.1 Å². The van der Waals surface area contributed by atoms with Crippen molar-refractivity contribution in [2.75, 3.05) is 0 Å². The number of rotatable bonds is 2. The molecule has 0 amide bonds. The van der Waals surface area contributed by atoms with Crippen molar-refractivity contribution < 1.29 is 4.42 Å². The molecule has 0 fully saturated rings. The minimum Gasteiger partial charge on any atom is -0.445 e. The van der Waals surface area contributed by atoms with E-state index in [-0.39, 0.29) is 5.92 Å². The van der Waals surface area contributed by atoms with Crippen LogP contribution in [-0.2, 0) is 0 Å². The second-order valence-electron chi connectivity index (χ2n) is 3.67. The highest BCUT2D eigenvalue weighted by Gasteiger charge is 2.26. The van der Waals surface area contributed by atoms with Gasteiger partial charge in [0.15, 0.2) is 0 Å². The van der Waals surface area contributed by atoms with Gasteiger partial charge in [-0.25, -0.2) is 4.98 Å². The third-order valence-electron chi connectivity index (χ3n) is 2.64. The van der Waals surface area contributed by atoms with Gasteiger partial charge in [-0.3, -0.25) is 5.10 Å². The third-order valence-corrected chi connectivity index (χ3v) is 3.02. The predicted octanol–water partition coefficient (Wildman–Crippen LogP) is 2.50. The Hall–Kier alpha value is -2.01. The van der Waals surface area contributed by atoms with Crippen LogP contribution in [0.2, 0.25) is 0 Å². The summed E-state index contributed by atoms with van der Waals surface area (Å²) in [5.41, 5.74) is 1.90. The van der Waals surface area contributed by atoms with Crippen molar-refractivity contribution >= 4 is 22.7 Å². The fourth-order valence-corrected chi connectivity index (χ4v) is 2.23. The summed E-state index contributed by atoms with van der Waals surface area (Å²) >= 11 is 5.38. The van der Waals surface area contributed by atoms with Gasteiger partial charge in [-0.15, -0.1) is 0 Å². The second-order valence-corrected chi connectivity index (χ2v) is 4.14. The monoisotopic (exact) mass is 243 g/mol. The summed E-state index contributed by atoms with van der Waals surface area (Å²) in [6.07, 6.45) is 10.7. The van der Waals surface area contributed by atoms with Crippen molar-refractivity contribution in [2.45, 2.75) is 5.92 Å². The lowest BCUT2D eigenvalue weighted by molar-refractivity contribution is 0.539. The molecule has 2 aromatic heterocycles. The van der Waals surface area contributed by atoms with Crippen LogP contribution in [0.5, 0.6) is 0 Å². The first-order valence-electron chi connectivity index (χ1n) is 5.17. The quantitative estimate of drug-likeness (QED) is 0.823. The number of thiocarbonyl (C=S) groups is 1. The van der Waals surface area contributed by atoms with Crippen molar-refractivity contribution in [1.29, 1.82) is 0 Å². The smallest absolute Gasteiger partial charge is 0.222 e. The van der Waals surface area contributed by atoms with E-state index in [1.54, 1.807) is 18.7 Å². The number of aromatic nitrogens is 3. The fourth-order valence-electron chi connectivity index (χ4n) is 1.90. The number of H-pyrrole nitrogens is 1. The van der Waals surface area contributed by atoms with Crippen molar-refractivity contribution in [2.24, 2.45) is 0 Å². The minimum atomic E-state index is -0.0452. The van der Waals surface area contributed by atoms with Crippen molar-refractivity contribution in [3.63, 3.8) is 0 Å². The Balaban J connectivity index is 2.08. The van der Waals surface area contributed by atoms with Gasteiger partial charge in [0.2, 0.25) is 5.89 Å². The van der Waals surface area contributed by atoms with Crippen LogP contribution in [0.25, 0.3) is 5.57 Å². The Morgan fingerprint density at radius 2 is 2.29 bits per heavy atom. The largest absolute Gasteiger partial charge is 0.445 e. The molecule has 1 atom stereocenters. The van der Waals surface area contributed by atoms with E-state index in [2.05, 4.69) is 15.2 Å². The molecule has 3 rings (SSSR count). The van der Waals surface area contributed by atoms with Crippen LogP contribution in [0.1, 0.15) is 17.5 Å². The van der Waals surface area contributed by atoms with E-state index in [0.29, 0.717) is 5.89 Å². The highest BCUT2D eigenvalue weighted by Crippen LogP contribution is 2.34. The molecule has 0 spiro atoms. The van der Waals surface area contributed by atoms with E-state index in [9.17, 15) is 0 Å². The molecular weight excluding hydrogens is 234 g/mol. The Bertz CT molecular complexity index is 581. The topological polar surface area (TPSA) is 54.7 Å². The first-order chi connectivity index (χ1) is 8.36. The molecule has 17 heavy (non-hydrogen) atoms. The minimum absolute atomic E-state index is 0.0452. The first-order valence-corrected chi connectivity index (χ1v) is 5.58. The summed E-state index contributed by atoms with van der Waals surface area (Å²) in [6, 6.07) is 1.91. The molecule has 0 radical (unpaired) electrons. The SMILES string of the molecule is S=C1C=CC=C(c2ncco2)C1c1ccn[nH]1. The fraction of sp³-hybridized carbons (Fsp3) is 0.0833. The number of nitrogens with zero attached hydrogens (tertiary/aromatic N) is 2. The number of aromatic amines is 1. The van der Waals surface area contributed by atoms with Crippen molar-refractivity contribution in [3.8, 4) is 0 Å². The maximum Gasteiger partial charge on any atom is 0.222 e. The summed E-state index contributed by atoms with van der Waals surface area (Å²) in [4.78, 5) is 5.00. The molecular formula is C12H9N3OS. The number of oxazole rings is 1. The van der Waals surface area contributed by atoms with Crippen LogP contribution >= 0.6 is 12.2 Å². The van der Waals surface area contributed by atoms with E-state index in [4.69, 9.17) is 16.6 Å². The summed E-state index contributed by atoms with van der Waals surface area (Å²) in [6.45, 7) is 0. The number of hydrogen-bond acceptors (Lipinski definition) is 4. The molecule has 1 aliphatic rings. The van der Waals surface area contributed by atoms with Gasteiger partial charge in [-0.2, -0.15) is 5.10 Å². The lowest BCUT2D eigenvalue weighted by Gasteiger charge is -2.18. The van der Waals surface area contributed by atoms with Crippen molar-refractivity contribution in [3.05, 3.63) is 54.5 Å².